The molecule has 1 aliphatic carbocycles. The zero-order valence-electron chi connectivity index (χ0n) is 16.2. The molecule has 1 saturated carbocycles. The van der Waals surface area contributed by atoms with Gasteiger partial charge in [-0.15, -0.1) is 0 Å². The molecule has 3 atom stereocenters. The van der Waals surface area contributed by atoms with Gasteiger partial charge in [-0.25, -0.2) is 13.6 Å². The molecule has 0 radical (unpaired) electrons. The van der Waals surface area contributed by atoms with E-state index in [9.17, 15) is 14.0 Å². The minimum absolute atomic E-state index is 0.0115. The zero-order valence-corrected chi connectivity index (χ0v) is 16.2. The summed E-state index contributed by atoms with van der Waals surface area (Å²) in [5.41, 5.74) is 5.35. The van der Waals surface area contributed by atoms with Crippen molar-refractivity contribution in [2.75, 3.05) is 24.6 Å². The number of pyridine rings is 1. The number of carbonyl (C=O) groups is 1. The Morgan fingerprint density at radius 3 is 2.80 bits per heavy atom. The highest BCUT2D eigenvalue weighted by Gasteiger charge is 2.53. The average molecular weight is 421 g/mol. The fourth-order valence-corrected chi connectivity index (χ4v) is 4.65. The molecule has 0 unspecified atom stereocenters. The Morgan fingerprint density at radius 2 is 2.13 bits per heavy atom. The van der Waals surface area contributed by atoms with Crippen LogP contribution in [0, 0.1) is 11.7 Å². The SMILES string of the molecule is C[C@H]1COc2c(N3C[C@@H](F)[C@@H](C4(N)CC4)C3)c(F)cc3c(=O)c(OC(=O)O)cn1c23. The van der Waals surface area contributed by atoms with Crippen molar-refractivity contribution < 1.29 is 28.2 Å². The van der Waals surface area contributed by atoms with Gasteiger partial charge >= 0.3 is 6.16 Å². The Kier molecular flexibility index (Phi) is 4.02. The lowest BCUT2D eigenvalue weighted by atomic mass is 9.96. The van der Waals surface area contributed by atoms with Crippen molar-refractivity contribution in [3.8, 4) is 11.5 Å². The molecule has 0 amide bonds. The first-order valence-electron chi connectivity index (χ1n) is 9.82. The van der Waals surface area contributed by atoms with E-state index in [0.717, 1.165) is 18.9 Å². The maximum Gasteiger partial charge on any atom is 0.511 e. The number of halogens is 2. The highest BCUT2D eigenvalue weighted by Crippen LogP contribution is 2.48. The summed E-state index contributed by atoms with van der Waals surface area (Å²) in [6, 6.07) is 0.785. The molecule has 10 heteroatoms. The quantitative estimate of drug-likeness (QED) is 0.733. The summed E-state index contributed by atoms with van der Waals surface area (Å²) < 4.78 is 42.0. The van der Waals surface area contributed by atoms with Crippen molar-refractivity contribution in [2.24, 2.45) is 11.7 Å². The zero-order chi connectivity index (χ0) is 21.4. The predicted octanol–water partition coefficient (Wildman–Crippen LogP) is 2.42. The van der Waals surface area contributed by atoms with Crippen molar-refractivity contribution >= 4 is 22.7 Å². The van der Waals surface area contributed by atoms with E-state index in [1.165, 1.54) is 6.20 Å². The summed E-state index contributed by atoms with van der Waals surface area (Å²) in [6.45, 7) is 2.24. The fraction of sp³-hybridized carbons (Fsp3) is 0.500. The minimum atomic E-state index is -1.64. The number of carboxylic acid groups (broad SMARTS) is 1. The van der Waals surface area contributed by atoms with Crippen molar-refractivity contribution in [3.63, 3.8) is 0 Å². The van der Waals surface area contributed by atoms with E-state index in [1.54, 1.807) is 9.47 Å². The molecular weight excluding hydrogens is 400 g/mol. The molecule has 2 aromatic rings. The molecule has 1 saturated heterocycles. The van der Waals surface area contributed by atoms with Crippen LogP contribution >= 0.6 is 0 Å². The maximum absolute atomic E-state index is 15.2. The van der Waals surface area contributed by atoms with Crippen LogP contribution in [0.3, 0.4) is 0 Å². The second-order valence-corrected chi connectivity index (χ2v) is 8.45. The van der Waals surface area contributed by atoms with Gasteiger partial charge in [0, 0.05) is 24.5 Å². The molecule has 0 spiro atoms. The molecule has 5 rings (SSSR count). The molecule has 1 aromatic carbocycles. The van der Waals surface area contributed by atoms with Gasteiger partial charge in [0.05, 0.1) is 23.1 Å². The van der Waals surface area contributed by atoms with Crippen LogP contribution in [-0.2, 0) is 0 Å². The molecule has 3 N–H and O–H groups in total. The molecule has 2 aliphatic heterocycles. The largest absolute Gasteiger partial charge is 0.511 e. The van der Waals surface area contributed by atoms with Crippen LogP contribution in [0.25, 0.3) is 10.9 Å². The number of hydrogen-bond donors (Lipinski definition) is 2. The Balaban J connectivity index is 1.68. The smallest absolute Gasteiger partial charge is 0.487 e. The molecule has 160 valence electrons. The lowest BCUT2D eigenvalue weighted by Gasteiger charge is -2.31. The third-order valence-electron chi connectivity index (χ3n) is 6.44. The second kappa shape index (κ2) is 6.31. The van der Waals surface area contributed by atoms with Crippen LogP contribution in [-0.4, -0.2) is 47.2 Å². The highest BCUT2D eigenvalue weighted by molar-refractivity contribution is 5.93. The first-order chi connectivity index (χ1) is 14.2. The van der Waals surface area contributed by atoms with Gasteiger partial charge in [-0.05, 0) is 25.8 Å². The Bertz CT molecular complexity index is 1130. The number of aromatic nitrogens is 1. The van der Waals surface area contributed by atoms with Crippen LogP contribution in [0.4, 0.5) is 19.3 Å². The van der Waals surface area contributed by atoms with Crippen molar-refractivity contribution in [2.45, 2.75) is 37.5 Å². The van der Waals surface area contributed by atoms with Gasteiger partial charge in [0.25, 0.3) is 0 Å². The van der Waals surface area contributed by atoms with Gasteiger partial charge in [-0.2, -0.15) is 0 Å². The molecule has 0 bridgehead atoms. The number of hydrogen-bond acceptors (Lipinski definition) is 6. The number of nitrogens with two attached hydrogens (primary N) is 1. The summed E-state index contributed by atoms with van der Waals surface area (Å²) in [4.78, 5) is 25.3. The average Bonchev–Trinajstić information content (AvgIpc) is 3.30. The second-order valence-electron chi connectivity index (χ2n) is 8.45. The van der Waals surface area contributed by atoms with Gasteiger partial charge in [-0.3, -0.25) is 4.79 Å². The van der Waals surface area contributed by atoms with E-state index in [1.807, 2.05) is 6.92 Å². The molecule has 1 aromatic heterocycles. The minimum Gasteiger partial charge on any atom is -0.487 e. The van der Waals surface area contributed by atoms with Crippen LogP contribution in [0.1, 0.15) is 25.8 Å². The van der Waals surface area contributed by atoms with Crippen molar-refractivity contribution in [1.82, 2.24) is 4.57 Å². The third-order valence-corrected chi connectivity index (χ3v) is 6.44. The number of benzene rings is 1. The van der Waals surface area contributed by atoms with Gasteiger partial charge in [0.2, 0.25) is 5.43 Å². The third kappa shape index (κ3) is 2.73. The van der Waals surface area contributed by atoms with E-state index < -0.39 is 40.8 Å². The number of rotatable bonds is 3. The standard InChI is InChI=1S/C20H21F2N3O5/c1-9-8-29-18-15-10(17(26)14(7-25(9)15)30-19(27)28)4-12(21)16(18)24-5-11(13(22)6-24)20(23)2-3-20/h4,7,9,11,13H,2-3,5-6,8,23H2,1H3,(H,27,28)/t9-,11-,13+/m0/s1. The van der Waals surface area contributed by atoms with Gasteiger partial charge in [0.1, 0.15) is 18.5 Å². The highest BCUT2D eigenvalue weighted by atomic mass is 19.1. The van der Waals surface area contributed by atoms with Crippen LogP contribution in [0.2, 0.25) is 0 Å². The van der Waals surface area contributed by atoms with Gasteiger partial charge in [0.15, 0.2) is 17.3 Å². The van der Waals surface area contributed by atoms with Crippen molar-refractivity contribution in [3.05, 3.63) is 28.3 Å². The molecular formula is C20H21F2N3O5. The number of ether oxygens (including phenoxy) is 2. The van der Waals surface area contributed by atoms with E-state index >= 15 is 4.39 Å². The lowest BCUT2D eigenvalue weighted by Crippen LogP contribution is -2.38. The normalized spacial score (nSPS) is 26.5. The summed E-state index contributed by atoms with van der Waals surface area (Å²) >= 11 is 0. The van der Waals surface area contributed by atoms with Crippen molar-refractivity contribution in [1.29, 1.82) is 0 Å². The Hall–Kier alpha value is -2.88. The fourth-order valence-electron chi connectivity index (χ4n) is 4.65. The summed E-state index contributed by atoms with van der Waals surface area (Å²) in [7, 11) is 0. The molecule has 3 aliphatic rings. The van der Waals surface area contributed by atoms with Crippen LogP contribution < -0.4 is 25.5 Å². The molecule has 8 nitrogen and oxygen atoms in total. The predicted molar refractivity (Wildman–Crippen MR) is 104 cm³/mol. The summed E-state index contributed by atoms with van der Waals surface area (Å²) in [5, 5.41) is 8.85. The van der Waals surface area contributed by atoms with E-state index in [-0.39, 0.29) is 42.6 Å². The Morgan fingerprint density at radius 1 is 1.40 bits per heavy atom. The first-order valence-corrected chi connectivity index (χ1v) is 9.82. The molecule has 2 fully saturated rings. The van der Waals surface area contributed by atoms with E-state index in [4.69, 9.17) is 15.6 Å². The number of alkyl halides is 1. The van der Waals surface area contributed by atoms with Gasteiger partial charge in [-0.1, -0.05) is 0 Å². The lowest BCUT2D eigenvalue weighted by molar-refractivity contribution is 0.143. The molecule has 3 heterocycles. The number of anilines is 1. The Labute approximate surface area is 169 Å². The first kappa shape index (κ1) is 19.1. The van der Waals surface area contributed by atoms with Crippen LogP contribution in [0.5, 0.6) is 11.5 Å². The summed E-state index contributed by atoms with van der Waals surface area (Å²) in [5.74, 6) is -1.39. The van der Waals surface area contributed by atoms with Crippen LogP contribution in [0.15, 0.2) is 17.1 Å². The summed E-state index contributed by atoms with van der Waals surface area (Å²) in [6.07, 6.45) is -0.0290. The monoisotopic (exact) mass is 421 g/mol. The topological polar surface area (TPSA) is 107 Å². The maximum atomic E-state index is 15.2. The van der Waals surface area contributed by atoms with E-state index in [0.29, 0.717) is 5.52 Å². The van der Waals surface area contributed by atoms with E-state index in [2.05, 4.69) is 4.74 Å². The van der Waals surface area contributed by atoms with Gasteiger partial charge < -0.3 is 29.8 Å². The molecule has 30 heavy (non-hydrogen) atoms. The number of nitrogens with zero attached hydrogens (tertiary/aromatic N) is 2.